The Morgan fingerprint density at radius 1 is 0.880 bits per heavy atom. The molecule has 0 fully saturated rings. The third kappa shape index (κ3) is 4.29. The van der Waals surface area contributed by atoms with Crippen LogP contribution >= 0.6 is 31.9 Å². The molecule has 1 amide bonds. The Balaban J connectivity index is 1.79. The number of carbonyl (C=O) groups excluding carboxylic acids is 1. The van der Waals surface area contributed by atoms with Gasteiger partial charge < -0.3 is 5.32 Å². The van der Waals surface area contributed by atoms with Crippen molar-refractivity contribution in [1.29, 1.82) is 0 Å². The molecule has 0 aliphatic carbocycles. The fourth-order valence-corrected chi connectivity index (χ4v) is 4.18. The van der Waals surface area contributed by atoms with Crippen LogP contribution in [0.4, 0.5) is 5.69 Å². The first-order chi connectivity index (χ1) is 11.8. The van der Waals surface area contributed by atoms with E-state index in [2.05, 4.69) is 37.2 Å². The van der Waals surface area contributed by atoms with E-state index < -0.39 is 21.5 Å². The fourth-order valence-electron chi connectivity index (χ4n) is 2.39. The van der Waals surface area contributed by atoms with Gasteiger partial charge in [-0.05, 0) is 73.0 Å². The molecule has 3 rings (SSSR count). The van der Waals surface area contributed by atoms with Gasteiger partial charge in [-0.25, -0.2) is 8.42 Å². The van der Waals surface area contributed by atoms with Crippen LogP contribution in [0, 0.1) is 0 Å². The Hall–Kier alpha value is -1.70. The Morgan fingerprint density at radius 3 is 2.32 bits per heavy atom. The predicted octanol–water partition coefficient (Wildman–Crippen LogP) is 4.78. The zero-order valence-electron chi connectivity index (χ0n) is 12.9. The highest BCUT2D eigenvalue weighted by molar-refractivity contribution is 9.13. The van der Waals surface area contributed by atoms with Crippen LogP contribution in [0.25, 0.3) is 10.8 Å². The normalized spacial score (nSPS) is 11.4. The highest BCUT2D eigenvalue weighted by Crippen LogP contribution is 2.26. The molecule has 0 spiro atoms. The van der Waals surface area contributed by atoms with E-state index in [1.807, 2.05) is 24.3 Å². The van der Waals surface area contributed by atoms with Crippen molar-refractivity contribution in [3.05, 3.63) is 69.6 Å². The molecule has 0 saturated heterocycles. The van der Waals surface area contributed by atoms with Gasteiger partial charge in [0, 0.05) is 14.6 Å². The van der Waals surface area contributed by atoms with Crippen LogP contribution in [0.5, 0.6) is 0 Å². The molecule has 0 atom stereocenters. The molecule has 0 heterocycles. The third-order valence-electron chi connectivity index (χ3n) is 3.60. The number of anilines is 1. The first kappa shape index (κ1) is 18.1. The summed E-state index contributed by atoms with van der Waals surface area (Å²) in [4.78, 5) is 12.3. The maximum Gasteiger partial charge on any atom is 0.239 e. The van der Waals surface area contributed by atoms with Gasteiger partial charge in [0.05, 0.1) is 4.90 Å². The van der Waals surface area contributed by atoms with E-state index in [0.717, 1.165) is 19.7 Å². The number of carbonyl (C=O) groups is 1. The molecule has 25 heavy (non-hydrogen) atoms. The topological polar surface area (TPSA) is 63.2 Å². The summed E-state index contributed by atoms with van der Waals surface area (Å²) >= 11 is 6.68. The number of sulfone groups is 1. The lowest BCUT2D eigenvalue weighted by molar-refractivity contribution is -0.113. The van der Waals surface area contributed by atoms with Gasteiger partial charge in [0.25, 0.3) is 0 Å². The summed E-state index contributed by atoms with van der Waals surface area (Å²) < 4.78 is 26.6. The first-order valence-corrected chi connectivity index (χ1v) is 10.6. The van der Waals surface area contributed by atoms with E-state index in [-0.39, 0.29) is 4.90 Å². The molecule has 3 aromatic rings. The number of halogens is 2. The number of hydrogen-bond donors (Lipinski definition) is 1. The van der Waals surface area contributed by atoms with Gasteiger partial charge in [-0.2, -0.15) is 0 Å². The van der Waals surface area contributed by atoms with Crippen molar-refractivity contribution in [1.82, 2.24) is 0 Å². The Kier molecular flexibility index (Phi) is 5.27. The molecule has 0 aromatic heterocycles. The van der Waals surface area contributed by atoms with E-state index in [9.17, 15) is 13.2 Å². The van der Waals surface area contributed by atoms with Gasteiger partial charge in [-0.1, -0.05) is 30.3 Å². The van der Waals surface area contributed by atoms with Gasteiger partial charge in [-0.3, -0.25) is 4.79 Å². The quantitative estimate of drug-likeness (QED) is 0.582. The molecular formula is C18H13Br2NO3S. The van der Waals surface area contributed by atoms with Gasteiger partial charge in [0.2, 0.25) is 5.91 Å². The number of hydrogen-bond acceptors (Lipinski definition) is 3. The second-order valence-electron chi connectivity index (χ2n) is 5.45. The number of fused-ring (bicyclic) bond motifs is 1. The van der Waals surface area contributed by atoms with Gasteiger partial charge in [0.15, 0.2) is 9.84 Å². The molecule has 0 radical (unpaired) electrons. The van der Waals surface area contributed by atoms with Crippen LogP contribution in [0.2, 0.25) is 0 Å². The maximum absolute atomic E-state index is 12.5. The summed E-state index contributed by atoms with van der Waals surface area (Å²) in [6.45, 7) is 0. The maximum atomic E-state index is 12.5. The van der Waals surface area contributed by atoms with Crippen LogP contribution < -0.4 is 5.32 Å². The number of amides is 1. The monoisotopic (exact) mass is 481 g/mol. The smallest absolute Gasteiger partial charge is 0.239 e. The van der Waals surface area contributed by atoms with Gasteiger partial charge in [-0.15, -0.1) is 0 Å². The molecule has 0 saturated carbocycles. The van der Waals surface area contributed by atoms with Crippen molar-refractivity contribution in [2.24, 2.45) is 0 Å². The predicted molar refractivity (Wildman–Crippen MR) is 106 cm³/mol. The summed E-state index contributed by atoms with van der Waals surface area (Å²) in [5.74, 6) is -1.19. The lowest BCUT2D eigenvalue weighted by atomic mass is 10.1. The number of rotatable bonds is 4. The molecule has 128 valence electrons. The summed E-state index contributed by atoms with van der Waals surface area (Å²) in [6.07, 6.45) is 0. The van der Waals surface area contributed by atoms with Crippen molar-refractivity contribution in [3.8, 4) is 0 Å². The van der Waals surface area contributed by atoms with Crippen molar-refractivity contribution in [2.75, 3.05) is 11.1 Å². The van der Waals surface area contributed by atoms with E-state index in [4.69, 9.17) is 0 Å². The van der Waals surface area contributed by atoms with Gasteiger partial charge >= 0.3 is 0 Å². The summed E-state index contributed by atoms with van der Waals surface area (Å²) in [6, 6.07) is 17.5. The van der Waals surface area contributed by atoms with Crippen molar-refractivity contribution < 1.29 is 13.2 Å². The lowest BCUT2D eigenvalue weighted by Crippen LogP contribution is -2.23. The van der Waals surface area contributed by atoms with Crippen LogP contribution in [0.15, 0.2) is 74.5 Å². The SMILES string of the molecule is O=C(CS(=O)(=O)c1ccc2ccccc2c1)Nc1ccc(Br)c(Br)c1. The minimum absolute atomic E-state index is 0.137. The van der Waals surface area contributed by atoms with Crippen LogP contribution in [-0.2, 0) is 14.6 Å². The standard InChI is InChI=1S/C18H13Br2NO3S/c19-16-8-6-14(10-17(16)20)21-18(22)11-25(23,24)15-7-5-12-3-1-2-4-13(12)9-15/h1-10H,11H2,(H,21,22). The number of nitrogens with one attached hydrogen (secondary N) is 1. The molecule has 0 aliphatic heterocycles. The molecule has 0 bridgehead atoms. The summed E-state index contributed by atoms with van der Waals surface area (Å²) in [5, 5.41) is 4.37. The molecule has 0 aliphatic rings. The van der Waals surface area contributed by atoms with E-state index in [1.165, 1.54) is 6.07 Å². The van der Waals surface area contributed by atoms with Crippen molar-refractivity contribution >= 4 is 64.1 Å². The zero-order chi connectivity index (χ0) is 18.0. The Labute approximate surface area is 162 Å². The molecule has 0 unspecified atom stereocenters. The second-order valence-corrected chi connectivity index (χ2v) is 9.14. The van der Waals surface area contributed by atoms with Crippen LogP contribution in [0.1, 0.15) is 0 Å². The van der Waals surface area contributed by atoms with Gasteiger partial charge in [0.1, 0.15) is 5.75 Å². The minimum Gasteiger partial charge on any atom is -0.325 e. The average Bonchev–Trinajstić information content (AvgIpc) is 2.57. The molecule has 1 N–H and O–H groups in total. The molecule has 4 nitrogen and oxygen atoms in total. The summed E-state index contributed by atoms with van der Waals surface area (Å²) in [7, 11) is -3.72. The molecular weight excluding hydrogens is 470 g/mol. The Morgan fingerprint density at radius 2 is 1.60 bits per heavy atom. The van der Waals surface area contributed by atoms with Crippen molar-refractivity contribution in [2.45, 2.75) is 4.90 Å². The van der Waals surface area contributed by atoms with E-state index in [0.29, 0.717) is 5.69 Å². The van der Waals surface area contributed by atoms with Crippen molar-refractivity contribution in [3.63, 3.8) is 0 Å². The lowest BCUT2D eigenvalue weighted by Gasteiger charge is -2.08. The second kappa shape index (κ2) is 7.27. The highest BCUT2D eigenvalue weighted by atomic mass is 79.9. The first-order valence-electron chi connectivity index (χ1n) is 7.32. The van der Waals surface area contributed by atoms with E-state index >= 15 is 0 Å². The Bertz CT molecular complexity index is 1060. The van der Waals surface area contributed by atoms with Crippen LogP contribution in [-0.4, -0.2) is 20.1 Å². The third-order valence-corrected chi connectivity index (χ3v) is 7.10. The molecule has 7 heteroatoms. The highest BCUT2D eigenvalue weighted by Gasteiger charge is 2.20. The summed E-state index contributed by atoms with van der Waals surface area (Å²) in [5.41, 5.74) is 0.522. The zero-order valence-corrected chi connectivity index (χ0v) is 16.9. The number of benzene rings is 3. The molecule has 3 aromatic carbocycles. The fraction of sp³-hybridized carbons (Fsp3) is 0.0556. The largest absolute Gasteiger partial charge is 0.325 e. The van der Waals surface area contributed by atoms with Crippen LogP contribution in [0.3, 0.4) is 0 Å². The average molecular weight is 483 g/mol. The minimum atomic E-state index is -3.72. The van der Waals surface area contributed by atoms with E-state index in [1.54, 1.807) is 30.3 Å².